The van der Waals surface area contributed by atoms with E-state index in [4.69, 9.17) is 4.74 Å². The van der Waals surface area contributed by atoms with Gasteiger partial charge in [0, 0.05) is 26.1 Å². The normalized spacial score (nSPS) is 19.9. The molecule has 34 heavy (non-hydrogen) atoms. The molecular weight excluding hydrogens is 434 g/mol. The van der Waals surface area contributed by atoms with E-state index < -0.39 is 11.9 Å². The Labute approximate surface area is 202 Å². The van der Waals surface area contributed by atoms with Gasteiger partial charge in [-0.2, -0.15) is 0 Å². The average Bonchev–Trinajstić information content (AvgIpc) is 2.87. The van der Waals surface area contributed by atoms with Crippen LogP contribution in [0.4, 0.5) is 0 Å². The second kappa shape index (κ2) is 13.3. The third-order valence-electron chi connectivity index (χ3n) is 7.20. The fourth-order valence-electron chi connectivity index (χ4n) is 4.99. The molecule has 2 heterocycles. The van der Waals surface area contributed by atoms with Gasteiger partial charge in [-0.15, -0.1) is 0 Å². The Hall–Kier alpha value is -2.61. The topological polar surface area (TPSA) is 108 Å². The highest BCUT2D eigenvalue weighted by Crippen LogP contribution is 2.23. The molecule has 0 aliphatic carbocycles. The summed E-state index contributed by atoms with van der Waals surface area (Å²) in [5.74, 6) is -0.551. The summed E-state index contributed by atoms with van der Waals surface area (Å²) in [5, 5.41) is 15.8. The number of methoxy groups -OCH3 is 1. The van der Waals surface area contributed by atoms with E-state index >= 15 is 0 Å². The van der Waals surface area contributed by atoms with Gasteiger partial charge in [0.1, 0.15) is 5.75 Å². The van der Waals surface area contributed by atoms with E-state index in [0.29, 0.717) is 38.3 Å². The van der Waals surface area contributed by atoms with Crippen molar-refractivity contribution in [1.82, 2.24) is 15.5 Å². The van der Waals surface area contributed by atoms with Crippen LogP contribution in [0.25, 0.3) is 0 Å². The lowest BCUT2D eigenvalue weighted by molar-refractivity contribution is -0.142. The molecule has 0 aromatic heterocycles. The molecular formula is C26H39N3O5. The zero-order valence-electron chi connectivity index (χ0n) is 20.3. The van der Waals surface area contributed by atoms with Crippen molar-refractivity contribution in [3.05, 3.63) is 29.8 Å². The number of carbonyl (C=O) groups excluding carboxylic acids is 2. The highest BCUT2D eigenvalue weighted by Gasteiger charge is 2.29. The fraction of sp³-hybridized carbons (Fsp3) is 0.654. The summed E-state index contributed by atoms with van der Waals surface area (Å²) in [6.07, 6.45) is 6.20. The Kier molecular flexibility index (Phi) is 10.2. The quantitative estimate of drug-likeness (QED) is 0.456. The van der Waals surface area contributed by atoms with Crippen molar-refractivity contribution in [3.63, 3.8) is 0 Å². The van der Waals surface area contributed by atoms with E-state index in [2.05, 4.69) is 10.6 Å². The Balaban J connectivity index is 1.44. The van der Waals surface area contributed by atoms with Gasteiger partial charge < -0.3 is 25.4 Å². The number of hydrogen-bond acceptors (Lipinski definition) is 5. The van der Waals surface area contributed by atoms with E-state index in [9.17, 15) is 19.5 Å². The number of likely N-dealkylation sites (tertiary alicyclic amines) is 1. The van der Waals surface area contributed by atoms with Crippen LogP contribution in [0, 0.1) is 17.8 Å². The number of amides is 2. The molecule has 0 spiro atoms. The lowest BCUT2D eigenvalue weighted by Crippen LogP contribution is -2.46. The van der Waals surface area contributed by atoms with Crippen LogP contribution in [0.1, 0.15) is 50.5 Å². The van der Waals surface area contributed by atoms with Gasteiger partial charge in [0.2, 0.25) is 11.8 Å². The number of carboxylic acids is 1. The van der Waals surface area contributed by atoms with Gasteiger partial charge in [-0.25, -0.2) is 0 Å². The van der Waals surface area contributed by atoms with Crippen molar-refractivity contribution < 1.29 is 24.2 Å². The number of aliphatic carboxylic acids is 1. The summed E-state index contributed by atoms with van der Waals surface area (Å²) in [6, 6.07) is 7.56. The molecule has 8 nitrogen and oxygen atoms in total. The molecule has 2 aliphatic rings. The molecule has 188 valence electrons. The molecule has 2 fully saturated rings. The molecule has 0 radical (unpaired) electrons. The summed E-state index contributed by atoms with van der Waals surface area (Å²) in [6.45, 7) is 3.27. The Morgan fingerprint density at radius 2 is 1.97 bits per heavy atom. The molecule has 0 unspecified atom stereocenters. The Morgan fingerprint density at radius 3 is 2.71 bits per heavy atom. The smallest absolute Gasteiger partial charge is 0.308 e. The van der Waals surface area contributed by atoms with Crippen molar-refractivity contribution in [3.8, 4) is 5.75 Å². The van der Waals surface area contributed by atoms with E-state index in [-0.39, 0.29) is 24.3 Å². The molecule has 3 N–H and O–H groups in total. The van der Waals surface area contributed by atoms with Gasteiger partial charge >= 0.3 is 5.97 Å². The third-order valence-corrected chi connectivity index (χ3v) is 7.20. The summed E-state index contributed by atoms with van der Waals surface area (Å²) in [4.78, 5) is 39.1. The molecule has 0 bridgehead atoms. The first-order valence-electron chi connectivity index (χ1n) is 12.6. The second-order valence-corrected chi connectivity index (χ2v) is 9.54. The maximum atomic E-state index is 12.8. The fourth-order valence-corrected chi connectivity index (χ4v) is 4.99. The molecule has 0 saturated carbocycles. The number of rotatable bonds is 11. The monoisotopic (exact) mass is 473 g/mol. The minimum absolute atomic E-state index is 0.0868. The summed E-state index contributed by atoms with van der Waals surface area (Å²) >= 11 is 0. The van der Waals surface area contributed by atoms with Gasteiger partial charge in [0.25, 0.3) is 0 Å². The number of ether oxygens (including phenoxy) is 1. The standard InChI is InChI=1S/C26H39N3O5/c1-34-23-7-3-2-5-20(23)9-10-21(26(32)33)17-28-25(31)22-6-4-16-29(18-22)24(30)11-8-19-12-14-27-15-13-19/h2-3,5,7,19,21-22,27H,4,6,8-18H2,1H3,(H,28,31)(H,32,33)/t21-,22-/m1/s1. The molecule has 2 atom stereocenters. The number of benzene rings is 1. The van der Waals surface area contributed by atoms with Crippen LogP contribution in [0.5, 0.6) is 5.75 Å². The van der Waals surface area contributed by atoms with Gasteiger partial charge in [0.15, 0.2) is 0 Å². The number of hydrogen-bond donors (Lipinski definition) is 3. The minimum atomic E-state index is -0.923. The molecule has 8 heteroatoms. The Morgan fingerprint density at radius 1 is 1.21 bits per heavy atom. The number of nitrogens with one attached hydrogen (secondary N) is 2. The SMILES string of the molecule is COc1ccccc1CC[C@H](CNC(=O)[C@@H]1CCCN(C(=O)CCC2CCNCC2)C1)C(=O)O. The van der Waals surface area contributed by atoms with E-state index in [1.165, 1.54) is 0 Å². The van der Waals surface area contributed by atoms with Gasteiger partial charge in [0.05, 0.1) is 18.9 Å². The number of aryl methyl sites for hydroxylation is 1. The predicted octanol–water partition coefficient (Wildman–Crippen LogP) is 2.46. The zero-order valence-corrected chi connectivity index (χ0v) is 20.3. The number of piperidine rings is 2. The highest BCUT2D eigenvalue weighted by atomic mass is 16.5. The van der Waals surface area contributed by atoms with Gasteiger partial charge in [-0.1, -0.05) is 18.2 Å². The molecule has 3 rings (SSSR count). The van der Waals surface area contributed by atoms with Crippen molar-refractivity contribution in [2.75, 3.05) is 39.8 Å². The molecule has 2 saturated heterocycles. The molecule has 2 aliphatic heterocycles. The lowest BCUT2D eigenvalue weighted by atomic mass is 9.92. The zero-order chi connectivity index (χ0) is 24.3. The lowest BCUT2D eigenvalue weighted by Gasteiger charge is -2.33. The van der Waals surface area contributed by atoms with Crippen molar-refractivity contribution in [2.45, 2.75) is 51.4 Å². The van der Waals surface area contributed by atoms with Gasteiger partial charge in [-0.3, -0.25) is 14.4 Å². The van der Waals surface area contributed by atoms with Gasteiger partial charge in [-0.05, 0) is 75.6 Å². The molecule has 1 aromatic carbocycles. The number of carboxylic acid groups (broad SMARTS) is 1. The van der Waals surface area contributed by atoms with E-state index in [1.54, 1.807) is 7.11 Å². The summed E-state index contributed by atoms with van der Waals surface area (Å²) in [5.41, 5.74) is 0.952. The second-order valence-electron chi connectivity index (χ2n) is 9.54. The summed E-state index contributed by atoms with van der Waals surface area (Å²) < 4.78 is 5.34. The van der Waals surface area contributed by atoms with Crippen molar-refractivity contribution in [2.24, 2.45) is 17.8 Å². The highest BCUT2D eigenvalue weighted by molar-refractivity contribution is 5.82. The van der Waals surface area contributed by atoms with Crippen LogP contribution in [-0.4, -0.2) is 67.6 Å². The van der Waals surface area contributed by atoms with Crippen LogP contribution in [0.3, 0.4) is 0 Å². The van der Waals surface area contributed by atoms with Crippen LogP contribution in [-0.2, 0) is 20.8 Å². The maximum Gasteiger partial charge on any atom is 0.308 e. The van der Waals surface area contributed by atoms with E-state index in [0.717, 1.165) is 56.5 Å². The largest absolute Gasteiger partial charge is 0.496 e. The first kappa shape index (κ1) is 26.0. The summed E-state index contributed by atoms with van der Waals surface area (Å²) in [7, 11) is 1.60. The van der Waals surface area contributed by atoms with Crippen LogP contribution in [0.2, 0.25) is 0 Å². The number of nitrogens with zero attached hydrogens (tertiary/aromatic N) is 1. The predicted molar refractivity (Wildman–Crippen MR) is 130 cm³/mol. The number of carbonyl (C=O) groups is 3. The number of para-hydroxylation sites is 1. The first-order valence-corrected chi connectivity index (χ1v) is 12.6. The molecule has 2 amide bonds. The average molecular weight is 474 g/mol. The van der Waals surface area contributed by atoms with Crippen LogP contribution in [0.15, 0.2) is 24.3 Å². The maximum absolute atomic E-state index is 12.8. The van der Waals surface area contributed by atoms with Crippen molar-refractivity contribution >= 4 is 17.8 Å². The third kappa shape index (κ3) is 7.72. The minimum Gasteiger partial charge on any atom is -0.496 e. The van der Waals surface area contributed by atoms with Crippen LogP contribution >= 0.6 is 0 Å². The Bertz CT molecular complexity index is 824. The van der Waals surface area contributed by atoms with E-state index in [1.807, 2.05) is 29.2 Å². The van der Waals surface area contributed by atoms with Crippen molar-refractivity contribution in [1.29, 1.82) is 0 Å². The van der Waals surface area contributed by atoms with Crippen LogP contribution < -0.4 is 15.4 Å². The first-order chi connectivity index (χ1) is 16.5. The molecule has 1 aromatic rings.